The fourth-order valence-corrected chi connectivity index (χ4v) is 5.06. The summed E-state index contributed by atoms with van der Waals surface area (Å²) in [6.45, 7) is 0. The molecule has 0 amide bonds. The number of sulfone groups is 1. The minimum atomic E-state index is -3.57. The lowest BCUT2D eigenvalue weighted by atomic mass is 10.2. The molecule has 116 valence electrons. The molecule has 0 N–H and O–H groups in total. The van der Waals surface area contributed by atoms with Crippen molar-refractivity contribution in [3.05, 3.63) is 46.6 Å². The van der Waals surface area contributed by atoms with Crippen molar-refractivity contribution in [2.45, 2.75) is 10.8 Å². The molecular weight excluding hydrogens is 342 g/mol. The first-order valence-corrected chi connectivity index (χ1v) is 9.39. The molecule has 0 saturated heterocycles. The van der Waals surface area contributed by atoms with Crippen LogP contribution in [0.3, 0.4) is 0 Å². The summed E-state index contributed by atoms with van der Waals surface area (Å²) in [5.41, 5.74) is 1.73. The van der Waals surface area contributed by atoms with Gasteiger partial charge in [0.1, 0.15) is 0 Å². The van der Waals surface area contributed by atoms with Gasteiger partial charge in [0, 0.05) is 31.4 Å². The second-order valence-corrected chi connectivity index (χ2v) is 8.22. The first-order valence-electron chi connectivity index (χ1n) is 6.48. The number of hydrogen-bond acceptors (Lipinski definition) is 5. The molecule has 0 spiro atoms. The quantitative estimate of drug-likeness (QED) is 0.721. The van der Waals surface area contributed by atoms with Gasteiger partial charge in [-0.05, 0) is 17.7 Å². The maximum atomic E-state index is 12.7. The number of nitrogens with zero attached hydrogens (tertiary/aromatic N) is 3. The van der Waals surface area contributed by atoms with Crippen molar-refractivity contribution in [3.8, 4) is 0 Å². The average Bonchev–Trinajstić information content (AvgIpc) is 2.98. The molecule has 3 rings (SSSR count). The summed E-state index contributed by atoms with van der Waals surface area (Å²) in [6, 6.07) is 7.41. The Kier molecular flexibility index (Phi) is 3.88. The van der Waals surface area contributed by atoms with Gasteiger partial charge < -0.3 is 4.90 Å². The van der Waals surface area contributed by atoms with Crippen LogP contribution in [0.2, 0.25) is 5.15 Å². The van der Waals surface area contributed by atoms with Crippen LogP contribution in [-0.4, -0.2) is 31.9 Å². The fraction of sp³-hybridized carbons (Fsp3) is 0.214. The van der Waals surface area contributed by atoms with E-state index in [4.69, 9.17) is 11.6 Å². The van der Waals surface area contributed by atoms with Crippen molar-refractivity contribution in [1.82, 2.24) is 9.38 Å². The zero-order valence-corrected chi connectivity index (χ0v) is 14.4. The van der Waals surface area contributed by atoms with Crippen LogP contribution in [0.4, 0.5) is 5.69 Å². The van der Waals surface area contributed by atoms with Gasteiger partial charge in [0.25, 0.3) is 0 Å². The van der Waals surface area contributed by atoms with Crippen molar-refractivity contribution in [3.63, 3.8) is 0 Å². The number of thiazole rings is 1. The molecule has 1 aromatic carbocycles. The SMILES string of the molecule is CN(C)c1ccc(CS(=O)(=O)c2c(Cl)nc3sccn23)cc1. The number of aromatic nitrogens is 2. The maximum Gasteiger partial charge on any atom is 0.201 e. The molecule has 0 fully saturated rings. The maximum absolute atomic E-state index is 12.7. The average molecular weight is 356 g/mol. The number of rotatable bonds is 4. The number of benzene rings is 1. The van der Waals surface area contributed by atoms with Crippen LogP contribution in [0, 0.1) is 0 Å². The third kappa shape index (κ3) is 2.71. The van der Waals surface area contributed by atoms with E-state index in [1.54, 1.807) is 11.6 Å². The molecule has 8 heteroatoms. The highest BCUT2D eigenvalue weighted by atomic mass is 35.5. The van der Waals surface area contributed by atoms with Crippen LogP contribution in [0.15, 0.2) is 40.9 Å². The van der Waals surface area contributed by atoms with Gasteiger partial charge in [-0.3, -0.25) is 4.40 Å². The van der Waals surface area contributed by atoms with Crippen molar-refractivity contribution < 1.29 is 8.42 Å². The van der Waals surface area contributed by atoms with Gasteiger partial charge in [0.15, 0.2) is 15.1 Å². The monoisotopic (exact) mass is 355 g/mol. The van der Waals surface area contributed by atoms with E-state index >= 15 is 0 Å². The minimum absolute atomic E-state index is 0.0248. The zero-order chi connectivity index (χ0) is 15.9. The molecule has 0 aliphatic rings. The van der Waals surface area contributed by atoms with E-state index in [9.17, 15) is 8.42 Å². The molecule has 0 bridgehead atoms. The van der Waals surface area contributed by atoms with E-state index in [2.05, 4.69) is 4.98 Å². The van der Waals surface area contributed by atoms with Crippen molar-refractivity contribution >= 4 is 43.4 Å². The molecule has 0 atom stereocenters. The molecule has 0 saturated carbocycles. The lowest BCUT2D eigenvalue weighted by molar-refractivity contribution is 0.590. The van der Waals surface area contributed by atoms with Gasteiger partial charge in [-0.25, -0.2) is 13.4 Å². The third-order valence-corrected chi connectivity index (χ3v) is 6.11. The molecule has 5 nitrogen and oxygen atoms in total. The molecular formula is C14H14ClN3O2S2. The van der Waals surface area contributed by atoms with Crippen LogP contribution in [0.1, 0.15) is 5.56 Å². The van der Waals surface area contributed by atoms with Crippen LogP contribution in [-0.2, 0) is 15.6 Å². The molecule has 0 aliphatic carbocycles. The van der Waals surface area contributed by atoms with Gasteiger partial charge in [0.2, 0.25) is 9.84 Å². The lowest BCUT2D eigenvalue weighted by Gasteiger charge is -2.12. The Morgan fingerprint density at radius 3 is 2.59 bits per heavy atom. The minimum Gasteiger partial charge on any atom is -0.378 e. The smallest absolute Gasteiger partial charge is 0.201 e. The van der Waals surface area contributed by atoms with Crippen LogP contribution in [0.5, 0.6) is 0 Å². The first kappa shape index (κ1) is 15.3. The van der Waals surface area contributed by atoms with Gasteiger partial charge in [0.05, 0.1) is 5.75 Å². The Morgan fingerprint density at radius 2 is 1.95 bits per heavy atom. The van der Waals surface area contributed by atoms with E-state index in [1.165, 1.54) is 15.7 Å². The number of fused-ring (bicyclic) bond motifs is 1. The van der Waals surface area contributed by atoms with Crippen LogP contribution < -0.4 is 4.90 Å². The molecule has 0 unspecified atom stereocenters. The van der Waals surface area contributed by atoms with E-state index in [1.807, 2.05) is 43.3 Å². The number of imidazole rings is 1. The van der Waals surface area contributed by atoms with Gasteiger partial charge in [-0.1, -0.05) is 23.7 Å². The van der Waals surface area contributed by atoms with Crippen LogP contribution in [0.25, 0.3) is 4.96 Å². The van der Waals surface area contributed by atoms with Gasteiger partial charge in [-0.2, -0.15) is 0 Å². The molecule has 3 aromatic rings. The Hall–Kier alpha value is -1.57. The summed E-state index contributed by atoms with van der Waals surface area (Å²) in [5.74, 6) is -0.107. The standard InChI is InChI=1S/C14H14ClN3O2S2/c1-17(2)11-5-3-10(4-6-11)9-22(19,20)13-12(15)16-14-18(13)7-8-21-14/h3-8H,9H2,1-2H3. The molecule has 0 radical (unpaired) electrons. The van der Waals surface area contributed by atoms with E-state index in [0.29, 0.717) is 10.5 Å². The number of anilines is 1. The predicted octanol–water partition coefficient (Wildman–Crippen LogP) is 3.09. The van der Waals surface area contributed by atoms with Crippen molar-refractivity contribution in [2.75, 3.05) is 19.0 Å². The first-order chi connectivity index (χ1) is 10.4. The fourth-order valence-electron chi connectivity index (χ4n) is 2.19. The van der Waals surface area contributed by atoms with E-state index < -0.39 is 9.84 Å². The van der Waals surface area contributed by atoms with Crippen molar-refractivity contribution in [1.29, 1.82) is 0 Å². The van der Waals surface area contributed by atoms with E-state index in [-0.39, 0.29) is 15.9 Å². The highest BCUT2D eigenvalue weighted by Crippen LogP contribution is 2.28. The second-order valence-electron chi connectivity index (χ2n) is 5.08. The summed E-state index contributed by atoms with van der Waals surface area (Å²) in [4.78, 5) is 6.61. The molecule has 2 aromatic heterocycles. The summed E-state index contributed by atoms with van der Waals surface area (Å²) in [6.07, 6.45) is 1.67. The highest BCUT2D eigenvalue weighted by molar-refractivity contribution is 7.90. The van der Waals surface area contributed by atoms with Crippen molar-refractivity contribution in [2.24, 2.45) is 0 Å². The number of hydrogen-bond donors (Lipinski definition) is 0. The zero-order valence-electron chi connectivity index (χ0n) is 12.0. The summed E-state index contributed by atoms with van der Waals surface area (Å²) in [5, 5.41) is 1.86. The summed E-state index contributed by atoms with van der Waals surface area (Å²) >= 11 is 7.36. The summed E-state index contributed by atoms with van der Waals surface area (Å²) in [7, 11) is 0.303. The highest BCUT2D eigenvalue weighted by Gasteiger charge is 2.25. The largest absolute Gasteiger partial charge is 0.378 e. The molecule has 22 heavy (non-hydrogen) atoms. The topological polar surface area (TPSA) is 54.7 Å². The molecule has 2 heterocycles. The van der Waals surface area contributed by atoms with E-state index in [0.717, 1.165) is 5.69 Å². The van der Waals surface area contributed by atoms with Crippen LogP contribution >= 0.6 is 22.9 Å². The lowest BCUT2D eigenvalue weighted by Crippen LogP contribution is -2.10. The Labute approximate surface area is 137 Å². The number of halogens is 1. The summed E-state index contributed by atoms with van der Waals surface area (Å²) < 4.78 is 26.9. The Bertz CT molecular complexity index is 911. The normalized spacial score (nSPS) is 12.0. The van der Waals surface area contributed by atoms with Gasteiger partial charge in [-0.15, -0.1) is 11.3 Å². The molecule has 0 aliphatic heterocycles. The predicted molar refractivity (Wildman–Crippen MR) is 89.7 cm³/mol. The van der Waals surface area contributed by atoms with Gasteiger partial charge >= 0.3 is 0 Å². The second kappa shape index (κ2) is 5.57. The Morgan fingerprint density at radius 1 is 1.27 bits per heavy atom. The third-order valence-electron chi connectivity index (χ3n) is 3.28. The Balaban J connectivity index is 1.96.